The van der Waals surface area contributed by atoms with Gasteiger partial charge in [0, 0.05) is 12.1 Å². The average molecular weight is 280 g/mol. The van der Waals surface area contributed by atoms with E-state index in [2.05, 4.69) is 31.0 Å². The Balaban J connectivity index is 1.99. The van der Waals surface area contributed by atoms with Crippen LogP contribution in [0, 0.1) is 11.8 Å². The topological polar surface area (TPSA) is 15.3 Å². The maximum atomic E-state index is 3.86. The Labute approximate surface area is 126 Å². The van der Waals surface area contributed by atoms with E-state index < -0.39 is 0 Å². The normalized spacial score (nSPS) is 33.3. The molecule has 2 nitrogen and oxygen atoms in total. The molecule has 1 aliphatic heterocycles. The van der Waals surface area contributed by atoms with Crippen LogP contribution in [0.2, 0.25) is 0 Å². The SMILES string of the molecule is CCCNC1CCC(C(C)C)CC1N1CCCCCC1. The lowest BCUT2D eigenvalue weighted by molar-refractivity contribution is 0.0854. The van der Waals surface area contributed by atoms with Crippen LogP contribution in [0.15, 0.2) is 0 Å². The van der Waals surface area contributed by atoms with E-state index in [4.69, 9.17) is 0 Å². The van der Waals surface area contributed by atoms with E-state index in [1.807, 2.05) is 0 Å². The summed E-state index contributed by atoms with van der Waals surface area (Å²) >= 11 is 0. The van der Waals surface area contributed by atoms with E-state index in [0.717, 1.165) is 23.9 Å². The van der Waals surface area contributed by atoms with Crippen LogP contribution in [0.25, 0.3) is 0 Å². The summed E-state index contributed by atoms with van der Waals surface area (Å²) in [6.07, 6.45) is 11.3. The van der Waals surface area contributed by atoms with Crippen LogP contribution in [-0.4, -0.2) is 36.6 Å². The van der Waals surface area contributed by atoms with Crippen molar-refractivity contribution in [2.75, 3.05) is 19.6 Å². The Hall–Kier alpha value is -0.0800. The van der Waals surface area contributed by atoms with Crippen LogP contribution in [-0.2, 0) is 0 Å². The van der Waals surface area contributed by atoms with E-state index in [0.29, 0.717) is 0 Å². The largest absolute Gasteiger partial charge is 0.312 e. The zero-order valence-corrected chi connectivity index (χ0v) is 14.0. The molecule has 0 bridgehead atoms. The van der Waals surface area contributed by atoms with E-state index in [9.17, 15) is 0 Å². The third-order valence-corrected chi connectivity index (χ3v) is 5.57. The van der Waals surface area contributed by atoms with Crippen molar-refractivity contribution in [2.24, 2.45) is 11.8 Å². The number of hydrogen-bond acceptors (Lipinski definition) is 2. The lowest BCUT2D eigenvalue weighted by Crippen LogP contribution is -2.54. The molecule has 1 saturated heterocycles. The first kappa shape index (κ1) is 16.3. The minimum absolute atomic E-state index is 0.753. The Bertz CT molecular complexity index is 256. The summed E-state index contributed by atoms with van der Waals surface area (Å²) in [5, 5.41) is 3.86. The second-order valence-corrected chi connectivity index (χ2v) is 7.40. The van der Waals surface area contributed by atoms with Gasteiger partial charge in [0.2, 0.25) is 0 Å². The van der Waals surface area contributed by atoms with Crippen LogP contribution < -0.4 is 5.32 Å². The standard InChI is InChI=1S/C18H36N2/c1-4-11-19-17-10-9-16(15(2)3)14-18(17)20-12-7-5-6-8-13-20/h15-19H,4-14H2,1-3H3. The van der Waals surface area contributed by atoms with Crippen molar-refractivity contribution in [1.29, 1.82) is 0 Å². The highest BCUT2D eigenvalue weighted by molar-refractivity contribution is 4.92. The van der Waals surface area contributed by atoms with Gasteiger partial charge in [0.15, 0.2) is 0 Å². The average Bonchev–Trinajstić information content (AvgIpc) is 2.73. The predicted octanol–water partition coefficient (Wildman–Crippen LogP) is 4.06. The molecule has 0 amide bonds. The third kappa shape index (κ3) is 4.46. The molecule has 1 heterocycles. The second kappa shape index (κ2) is 8.38. The molecule has 2 fully saturated rings. The van der Waals surface area contributed by atoms with Gasteiger partial charge in [0.1, 0.15) is 0 Å². The molecule has 0 aromatic rings. The van der Waals surface area contributed by atoms with Crippen molar-refractivity contribution >= 4 is 0 Å². The summed E-state index contributed by atoms with van der Waals surface area (Å²) < 4.78 is 0. The van der Waals surface area contributed by atoms with Gasteiger partial charge in [0.05, 0.1) is 0 Å². The fraction of sp³-hybridized carbons (Fsp3) is 1.00. The van der Waals surface area contributed by atoms with Gasteiger partial charge >= 0.3 is 0 Å². The van der Waals surface area contributed by atoms with Gasteiger partial charge in [-0.25, -0.2) is 0 Å². The summed E-state index contributed by atoms with van der Waals surface area (Å²) in [7, 11) is 0. The molecule has 2 aliphatic rings. The summed E-state index contributed by atoms with van der Waals surface area (Å²) in [4.78, 5) is 2.84. The van der Waals surface area contributed by atoms with Gasteiger partial charge in [-0.15, -0.1) is 0 Å². The fourth-order valence-corrected chi connectivity index (χ4v) is 4.18. The van der Waals surface area contributed by atoms with Gasteiger partial charge in [-0.05, 0) is 70.0 Å². The van der Waals surface area contributed by atoms with Crippen LogP contribution in [0.3, 0.4) is 0 Å². The zero-order valence-electron chi connectivity index (χ0n) is 14.0. The van der Waals surface area contributed by atoms with Gasteiger partial charge in [-0.2, -0.15) is 0 Å². The summed E-state index contributed by atoms with van der Waals surface area (Å²) in [6.45, 7) is 11.0. The predicted molar refractivity (Wildman–Crippen MR) is 88.1 cm³/mol. The zero-order chi connectivity index (χ0) is 14.4. The molecule has 2 heteroatoms. The monoisotopic (exact) mass is 280 g/mol. The molecule has 3 unspecified atom stereocenters. The van der Waals surface area contributed by atoms with Crippen molar-refractivity contribution in [3.05, 3.63) is 0 Å². The van der Waals surface area contributed by atoms with Crippen molar-refractivity contribution in [3.8, 4) is 0 Å². The van der Waals surface area contributed by atoms with Crippen LogP contribution in [0.1, 0.15) is 72.1 Å². The van der Waals surface area contributed by atoms with E-state index in [1.165, 1.54) is 71.0 Å². The number of hydrogen-bond donors (Lipinski definition) is 1. The number of likely N-dealkylation sites (tertiary alicyclic amines) is 1. The quantitative estimate of drug-likeness (QED) is 0.817. The molecule has 2 rings (SSSR count). The Morgan fingerprint density at radius 1 is 1.05 bits per heavy atom. The lowest BCUT2D eigenvalue weighted by atomic mass is 9.76. The molecule has 0 spiro atoms. The third-order valence-electron chi connectivity index (χ3n) is 5.57. The molecule has 3 atom stereocenters. The molecule has 1 aliphatic carbocycles. The number of nitrogens with zero attached hydrogens (tertiary/aromatic N) is 1. The van der Waals surface area contributed by atoms with Crippen molar-refractivity contribution < 1.29 is 0 Å². The highest BCUT2D eigenvalue weighted by Crippen LogP contribution is 2.33. The number of nitrogens with one attached hydrogen (secondary N) is 1. The minimum Gasteiger partial charge on any atom is -0.312 e. The van der Waals surface area contributed by atoms with E-state index in [1.54, 1.807) is 0 Å². The van der Waals surface area contributed by atoms with Crippen molar-refractivity contribution in [2.45, 2.75) is 84.2 Å². The second-order valence-electron chi connectivity index (χ2n) is 7.40. The molecule has 0 aromatic carbocycles. The Morgan fingerprint density at radius 2 is 1.75 bits per heavy atom. The smallest absolute Gasteiger partial charge is 0.0252 e. The summed E-state index contributed by atoms with van der Waals surface area (Å²) in [5.41, 5.74) is 0. The molecular weight excluding hydrogens is 244 g/mol. The van der Waals surface area contributed by atoms with Gasteiger partial charge in [-0.1, -0.05) is 33.6 Å². The van der Waals surface area contributed by atoms with Crippen molar-refractivity contribution in [3.63, 3.8) is 0 Å². The fourth-order valence-electron chi connectivity index (χ4n) is 4.18. The number of rotatable bonds is 5. The molecular formula is C18H36N2. The maximum absolute atomic E-state index is 3.86. The molecule has 118 valence electrons. The van der Waals surface area contributed by atoms with Crippen LogP contribution in [0.4, 0.5) is 0 Å². The molecule has 1 N–H and O–H groups in total. The first-order valence-corrected chi connectivity index (χ1v) is 9.19. The summed E-state index contributed by atoms with van der Waals surface area (Å²) in [6, 6.07) is 1.56. The van der Waals surface area contributed by atoms with Crippen molar-refractivity contribution in [1.82, 2.24) is 10.2 Å². The van der Waals surface area contributed by atoms with Crippen LogP contribution >= 0.6 is 0 Å². The highest BCUT2D eigenvalue weighted by Gasteiger charge is 2.34. The van der Waals surface area contributed by atoms with E-state index in [-0.39, 0.29) is 0 Å². The van der Waals surface area contributed by atoms with E-state index >= 15 is 0 Å². The summed E-state index contributed by atoms with van der Waals surface area (Å²) in [5.74, 6) is 1.81. The molecule has 1 saturated carbocycles. The molecule has 20 heavy (non-hydrogen) atoms. The Kier molecular flexibility index (Phi) is 6.83. The van der Waals surface area contributed by atoms with Gasteiger partial charge in [0.25, 0.3) is 0 Å². The maximum Gasteiger partial charge on any atom is 0.0252 e. The lowest BCUT2D eigenvalue weighted by Gasteiger charge is -2.44. The van der Waals surface area contributed by atoms with Gasteiger partial charge < -0.3 is 5.32 Å². The Morgan fingerprint density at radius 3 is 2.35 bits per heavy atom. The molecule has 0 aromatic heterocycles. The van der Waals surface area contributed by atoms with Gasteiger partial charge in [-0.3, -0.25) is 4.90 Å². The highest BCUT2D eigenvalue weighted by atomic mass is 15.2. The molecule has 0 radical (unpaired) electrons. The minimum atomic E-state index is 0.753. The first-order valence-electron chi connectivity index (χ1n) is 9.19. The van der Waals surface area contributed by atoms with Crippen LogP contribution in [0.5, 0.6) is 0 Å². The first-order chi connectivity index (χ1) is 9.72.